The van der Waals surface area contributed by atoms with Crippen molar-refractivity contribution < 1.29 is 0 Å². The second-order valence-electron chi connectivity index (χ2n) is 7.08. The number of H-pyrrole nitrogens is 1. The Balaban J connectivity index is 1.47. The molecule has 1 fully saturated rings. The van der Waals surface area contributed by atoms with Crippen LogP contribution in [0, 0.1) is 0 Å². The van der Waals surface area contributed by atoms with Gasteiger partial charge in [0.2, 0.25) is 0 Å². The lowest BCUT2D eigenvalue weighted by atomic mass is 10.1. The maximum Gasteiger partial charge on any atom is 0.260 e. The first-order chi connectivity index (χ1) is 13.6. The van der Waals surface area contributed by atoms with Crippen LogP contribution in [-0.2, 0) is 7.05 Å². The molecule has 0 radical (unpaired) electrons. The molecule has 0 unspecified atom stereocenters. The lowest BCUT2D eigenvalue weighted by Gasteiger charge is -2.10. The quantitative estimate of drug-likeness (QED) is 0.491. The minimum atomic E-state index is -0.0933. The molecule has 0 aliphatic heterocycles. The number of nitrogens with zero attached hydrogens (tertiary/aromatic N) is 4. The van der Waals surface area contributed by atoms with Gasteiger partial charge in [-0.2, -0.15) is 0 Å². The fourth-order valence-electron chi connectivity index (χ4n) is 3.33. The SMILES string of the molecule is C[C@H](Sc1nnc(C2CC2)n1C)c1nc2scc(-c3ccccc3)c2c(=O)[nH]1. The van der Waals surface area contributed by atoms with E-state index >= 15 is 0 Å². The lowest BCUT2D eigenvalue weighted by Crippen LogP contribution is -2.12. The predicted molar refractivity (Wildman–Crippen MR) is 113 cm³/mol. The Morgan fingerprint density at radius 1 is 1.25 bits per heavy atom. The Bertz CT molecular complexity index is 1210. The zero-order valence-electron chi connectivity index (χ0n) is 15.5. The van der Waals surface area contributed by atoms with Crippen LogP contribution in [0.2, 0.25) is 0 Å². The van der Waals surface area contributed by atoms with Crippen LogP contribution in [0.25, 0.3) is 21.3 Å². The third kappa shape index (κ3) is 3.06. The summed E-state index contributed by atoms with van der Waals surface area (Å²) in [7, 11) is 2.01. The summed E-state index contributed by atoms with van der Waals surface area (Å²) in [6.07, 6.45) is 2.39. The van der Waals surface area contributed by atoms with Crippen molar-refractivity contribution in [1.29, 1.82) is 0 Å². The van der Waals surface area contributed by atoms with E-state index in [4.69, 9.17) is 4.98 Å². The van der Waals surface area contributed by atoms with E-state index in [-0.39, 0.29) is 10.8 Å². The third-order valence-corrected chi connectivity index (χ3v) is 7.04. The Hall–Kier alpha value is -2.45. The lowest BCUT2D eigenvalue weighted by molar-refractivity contribution is 0.733. The molecule has 1 N–H and O–H groups in total. The van der Waals surface area contributed by atoms with Crippen molar-refractivity contribution in [3.8, 4) is 11.1 Å². The summed E-state index contributed by atoms with van der Waals surface area (Å²) >= 11 is 3.08. The van der Waals surface area contributed by atoms with E-state index in [1.807, 2.05) is 49.7 Å². The van der Waals surface area contributed by atoms with Gasteiger partial charge in [0.15, 0.2) is 5.16 Å². The third-order valence-electron chi connectivity index (χ3n) is 5.03. The molecule has 0 bridgehead atoms. The molecule has 6 nitrogen and oxygen atoms in total. The molecule has 8 heteroatoms. The molecule has 1 aliphatic carbocycles. The van der Waals surface area contributed by atoms with Gasteiger partial charge in [-0.05, 0) is 25.3 Å². The van der Waals surface area contributed by atoms with Crippen LogP contribution in [-0.4, -0.2) is 24.7 Å². The number of aromatic nitrogens is 5. The first-order valence-corrected chi connectivity index (χ1v) is 11.0. The highest BCUT2D eigenvalue weighted by atomic mass is 32.2. The van der Waals surface area contributed by atoms with Gasteiger partial charge < -0.3 is 9.55 Å². The van der Waals surface area contributed by atoms with Gasteiger partial charge in [-0.15, -0.1) is 21.5 Å². The number of thiophene rings is 1. The van der Waals surface area contributed by atoms with Crippen molar-refractivity contribution in [3.63, 3.8) is 0 Å². The molecular formula is C20H19N5OS2. The number of fused-ring (bicyclic) bond motifs is 1. The molecule has 142 valence electrons. The molecule has 1 atom stereocenters. The van der Waals surface area contributed by atoms with Gasteiger partial charge in [-0.1, -0.05) is 42.1 Å². The predicted octanol–water partition coefficient (Wildman–Crippen LogP) is 4.51. The van der Waals surface area contributed by atoms with E-state index in [1.54, 1.807) is 11.8 Å². The summed E-state index contributed by atoms with van der Waals surface area (Å²) in [6.45, 7) is 2.03. The van der Waals surface area contributed by atoms with Crippen LogP contribution in [0.4, 0.5) is 0 Å². The number of hydrogen-bond donors (Lipinski definition) is 1. The molecule has 5 rings (SSSR count). The Morgan fingerprint density at radius 3 is 2.79 bits per heavy atom. The first kappa shape index (κ1) is 17.6. The van der Waals surface area contributed by atoms with Gasteiger partial charge in [0.25, 0.3) is 5.56 Å². The average molecular weight is 410 g/mol. The number of aromatic amines is 1. The van der Waals surface area contributed by atoms with Gasteiger partial charge in [0, 0.05) is 23.9 Å². The summed E-state index contributed by atoms with van der Waals surface area (Å²) in [5.41, 5.74) is 1.87. The highest BCUT2D eigenvalue weighted by Gasteiger charge is 2.30. The molecule has 1 saturated carbocycles. The number of rotatable bonds is 5. The van der Waals surface area contributed by atoms with Crippen molar-refractivity contribution in [2.24, 2.45) is 7.05 Å². The summed E-state index contributed by atoms with van der Waals surface area (Å²) in [5.74, 6) is 2.27. The maximum atomic E-state index is 12.8. The molecule has 0 amide bonds. The summed E-state index contributed by atoms with van der Waals surface area (Å²) in [4.78, 5) is 21.4. The van der Waals surface area contributed by atoms with E-state index < -0.39 is 0 Å². The normalized spacial score (nSPS) is 15.2. The standard InChI is InChI=1S/C20H19N5OS2/c1-11(28-20-24-23-17(25(20)2)13-8-9-13)16-21-18(26)15-14(10-27-19(15)22-16)12-6-4-3-5-7-12/h3-7,10-11,13H,8-9H2,1-2H3,(H,21,22,26)/t11-/m0/s1. The van der Waals surface area contributed by atoms with Crippen LogP contribution in [0.15, 0.2) is 45.7 Å². The molecule has 3 heterocycles. The van der Waals surface area contributed by atoms with Crippen molar-refractivity contribution in [1.82, 2.24) is 24.7 Å². The van der Waals surface area contributed by atoms with Crippen LogP contribution in [0.1, 0.15) is 42.6 Å². The minimum absolute atomic E-state index is 0.0330. The van der Waals surface area contributed by atoms with Gasteiger partial charge in [0.05, 0.1) is 10.6 Å². The average Bonchev–Trinajstić information content (AvgIpc) is 3.35. The Morgan fingerprint density at radius 2 is 2.04 bits per heavy atom. The number of hydrogen-bond acceptors (Lipinski definition) is 6. The summed E-state index contributed by atoms with van der Waals surface area (Å²) < 4.78 is 2.06. The van der Waals surface area contributed by atoms with E-state index in [2.05, 4.69) is 19.7 Å². The monoisotopic (exact) mass is 409 g/mol. The zero-order chi connectivity index (χ0) is 19.3. The second-order valence-corrected chi connectivity index (χ2v) is 9.25. The molecule has 4 aromatic rings. The highest BCUT2D eigenvalue weighted by molar-refractivity contribution is 7.99. The molecule has 0 saturated heterocycles. The summed E-state index contributed by atoms with van der Waals surface area (Å²) in [5, 5.41) is 12.1. The van der Waals surface area contributed by atoms with E-state index in [0.717, 1.165) is 26.9 Å². The number of thioether (sulfide) groups is 1. The van der Waals surface area contributed by atoms with Crippen molar-refractivity contribution >= 4 is 33.3 Å². The van der Waals surface area contributed by atoms with Gasteiger partial charge in [-0.3, -0.25) is 4.79 Å². The van der Waals surface area contributed by atoms with Crippen LogP contribution in [0.3, 0.4) is 0 Å². The largest absolute Gasteiger partial charge is 0.309 e. The van der Waals surface area contributed by atoms with Crippen LogP contribution >= 0.6 is 23.1 Å². The fraction of sp³-hybridized carbons (Fsp3) is 0.300. The fourth-order valence-corrected chi connectivity index (χ4v) is 5.16. The van der Waals surface area contributed by atoms with Crippen LogP contribution < -0.4 is 5.56 Å². The zero-order valence-corrected chi connectivity index (χ0v) is 17.2. The van der Waals surface area contributed by atoms with E-state index in [9.17, 15) is 4.79 Å². The first-order valence-electron chi connectivity index (χ1n) is 9.24. The molecule has 1 aliphatic rings. The smallest absolute Gasteiger partial charge is 0.260 e. The molecular weight excluding hydrogens is 390 g/mol. The Labute approximate surface area is 170 Å². The summed E-state index contributed by atoms with van der Waals surface area (Å²) in [6, 6.07) is 9.95. The maximum absolute atomic E-state index is 12.8. The van der Waals surface area contributed by atoms with Crippen molar-refractivity contribution in [2.45, 2.75) is 36.1 Å². The molecule has 0 spiro atoms. The van der Waals surface area contributed by atoms with Gasteiger partial charge in [0.1, 0.15) is 16.5 Å². The molecule has 28 heavy (non-hydrogen) atoms. The second kappa shape index (κ2) is 6.86. The highest BCUT2D eigenvalue weighted by Crippen LogP contribution is 2.41. The van der Waals surface area contributed by atoms with Gasteiger partial charge in [-0.25, -0.2) is 4.98 Å². The van der Waals surface area contributed by atoms with E-state index in [0.29, 0.717) is 17.1 Å². The number of benzene rings is 1. The van der Waals surface area contributed by atoms with Crippen LogP contribution in [0.5, 0.6) is 0 Å². The molecule has 1 aromatic carbocycles. The number of nitrogens with one attached hydrogen (secondary N) is 1. The minimum Gasteiger partial charge on any atom is -0.309 e. The topological polar surface area (TPSA) is 76.5 Å². The van der Waals surface area contributed by atoms with E-state index in [1.165, 1.54) is 24.2 Å². The molecule has 3 aromatic heterocycles. The Kier molecular flexibility index (Phi) is 4.32. The van der Waals surface area contributed by atoms with Gasteiger partial charge >= 0.3 is 0 Å². The van der Waals surface area contributed by atoms with Crippen molar-refractivity contribution in [2.75, 3.05) is 0 Å². The van der Waals surface area contributed by atoms with Crippen molar-refractivity contribution in [3.05, 3.63) is 57.7 Å².